The maximum absolute atomic E-state index is 12.5. The van der Waals surface area contributed by atoms with Crippen molar-refractivity contribution in [3.05, 3.63) is 71.8 Å². The largest absolute Gasteiger partial charge is 0.445 e. The van der Waals surface area contributed by atoms with Crippen LogP contribution in [0.1, 0.15) is 17.5 Å². The molecule has 3 rings (SSSR count). The van der Waals surface area contributed by atoms with Crippen LogP contribution in [-0.4, -0.2) is 36.0 Å². The second-order valence-corrected chi connectivity index (χ2v) is 6.06. The second kappa shape index (κ2) is 8.33. The van der Waals surface area contributed by atoms with Gasteiger partial charge < -0.3 is 10.1 Å². The Labute approximate surface area is 147 Å². The van der Waals surface area contributed by atoms with Crippen molar-refractivity contribution in [1.82, 2.24) is 10.2 Å². The summed E-state index contributed by atoms with van der Waals surface area (Å²) in [5, 5.41) is 2.84. The van der Waals surface area contributed by atoms with E-state index in [0.717, 1.165) is 17.5 Å². The van der Waals surface area contributed by atoms with Gasteiger partial charge in [0.1, 0.15) is 12.6 Å². The maximum Gasteiger partial charge on any atom is 0.410 e. The summed E-state index contributed by atoms with van der Waals surface area (Å²) in [6, 6.07) is 19.0. The van der Waals surface area contributed by atoms with E-state index in [-0.39, 0.29) is 12.5 Å². The van der Waals surface area contributed by atoms with E-state index in [9.17, 15) is 9.59 Å². The third-order valence-electron chi connectivity index (χ3n) is 4.32. The summed E-state index contributed by atoms with van der Waals surface area (Å²) in [4.78, 5) is 26.3. The van der Waals surface area contributed by atoms with Crippen molar-refractivity contribution >= 4 is 12.0 Å². The van der Waals surface area contributed by atoms with E-state index < -0.39 is 12.1 Å². The molecule has 0 radical (unpaired) electrons. The molecule has 1 heterocycles. The van der Waals surface area contributed by atoms with Gasteiger partial charge in [-0.1, -0.05) is 60.7 Å². The smallest absolute Gasteiger partial charge is 0.410 e. The Morgan fingerprint density at radius 1 is 1.04 bits per heavy atom. The zero-order valence-electron chi connectivity index (χ0n) is 14.1. The number of nitrogens with one attached hydrogen (secondary N) is 1. The number of rotatable bonds is 5. The molecule has 1 aliphatic rings. The number of carbonyl (C=O) groups excluding carboxylic acids is 2. The van der Waals surface area contributed by atoms with Crippen molar-refractivity contribution in [2.24, 2.45) is 0 Å². The van der Waals surface area contributed by atoms with Crippen LogP contribution >= 0.6 is 0 Å². The van der Waals surface area contributed by atoms with Crippen LogP contribution in [0.3, 0.4) is 0 Å². The first-order chi connectivity index (χ1) is 12.2. The summed E-state index contributed by atoms with van der Waals surface area (Å²) in [5.41, 5.74) is 2.08. The number of piperazine rings is 1. The fraction of sp³-hybridized carbons (Fsp3) is 0.300. The van der Waals surface area contributed by atoms with E-state index in [4.69, 9.17) is 4.74 Å². The molecule has 1 atom stereocenters. The maximum atomic E-state index is 12.5. The number of nitrogens with zero attached hydrogens (tertiary/aromatic N) is 1. The molecule has 5 nitrogen and oxygen atoms in total. The van der Waals surface area contributed by atoms with E-state index in [1.54, 1.807) is 4.90 Å². The van der Waals surface area contributed by atoms with Gasteiger partial charge in [-0.05, 0) is 24.0 Å². The zero-order valence-corrected chi connectivity index (χ0v) is 14.1. The fourth-order valence-electron chi connectivity index (χ4n) is 2.97. The van der Waals surface area contributed by atoms with Crippen LogP contribution in [0.25, 0.3) is 0 Å². The minimum atomic E-state index is -0.489. The minimum absolute atomic E-state index is 0.112. The molecule has 130 valence electrons. The summed E-state index contributed by atoms with van der Waals surface area (Å²) >= 11 is 0. The van der Waals surface area contributed by atoms with E-state index in [1.807, 2.05) is 60.7 Å². The predicted octanol–water partition coefficient (Wildman–Crippen LogP) is 2.76. The number of amides is 2. The van der Waals surface area contributed by atoms with Crippen LogP contribution in [-0.2, 0) is 22.6 Å². The highest BCUT2D eigenvalue weighted by molar-refractivity contribution is 5.86. The Bertz CT molecular complexity index is 703. The highest BCUT2D eigenvalue weighted by atomic mass is 16.6. The average Bonchev–Trinajstić information content (AvgIpc) is 2.66. The van der Waals surface area contributed by atoms with Gasteiger partial charge in [0.25, 0.3) is 0 Å². The molecular weight excluding hydrogens is 316 g/mol. The third-order valence-corrected chi connectivity index (χ3v) is 4.32. The summed E-state index contributed by atoms with van der Waals surface area (Å²) in [6.07, 6.45) is 0.884. The predicted molar refractivity (Wildman–Crippen MR) is 94.9 cm³/mol. The topological polar surface area (TPSA) is 58.6 Å². The third kappa shape index (κ3) is 4.59. The number of hydrogen-bond acceptors (Lipinski definition) is 3. The monoisotopic (exact) mass is 338 g/mol. The SMILES string of the molecule is O=C1NCCN(C(=O)OCc2ccccc2)[C@@H]1CCc1ccccc1. The summed E-state index contributed by atoms with van der Waals surface area (Å²) < 4.78 is 5.41. The molecular formula is C20H22N2O3. The number of aryl methyl sites for hydroxylation is 1. The standard InChI is InChI=1S/C20H22N2O3/c23-19-18(12-11-16-7-3-1-4-8-16)22(14-13-21-19)20(24)25-15-17-9-5-2-6-10-17/h1-10,18H,11-15H2,(H,21,23)/t18-/m1/s1. The number of ether oxygens (including phenoxy) is 1. The highest BCUT2D eigenvalue weighted by Gasteiger charge is 2.33. The molecule has 0 aromatic heterocycles. The molecule has 2 aromatic carbocycles. The van der Waals surface area contributed by atoms with Crippen molar-refractivity contribution in [3.8, 4) is 0 Å². The fourth-order valence-corrected chi connectivity index (χ4v) is 2.97. The lowest BCUT2D eigenvalue weighted by Gasteiger charge is -2.34. The van der Waals surface area contributed by atoms with Crippen molar-refractivity contribution in [2.45, 2.75) is 25.5 Å². The molecule has 2 amide bonds. The summed E-state index contributed by atoms with van der Waals surface area (Å²) in [7, 11) is 0. The van der Waals surface area contributed by atoms with Gasteiger partial charge in [-0.3, -0.25) is 9.69 Å². The van der Waals surface area contributed by atoms with Gasteiger partial charge in [-0.25, -0.2) is 4.79 Å². The molecule has 25 heavy (non-hydrogen) atoms. The Morgan fingerprint density at radius 2 is 1.68 bits per heavy atom. The number of carbonyl (C=O) groups is 2. The molecule has 1 N–H and O–H groups in total. The van der Waals surface area contributed by atoms with Gasteiger partial charge in [0.2, 0.25) is 5.91 Å². The summed E-state index contributed by atoms with van der Waals surface area (Å²) in [5.74, 6) is -0.112. The molecule has 0 spiro atoms. The Hall–Kier alpha value is -2.82. The average molecular weight is 338 g/mol. The summed E-state index contributed by atoms with van der Waals surface area (Å²) in [6.45, 7) is 1.14. The Kier molecular flexibility index (Phi) is 5.67. The quantitative estimate of drug-likeness (QED) is 0.912. The molecule has 0 aliphatic carbocycles. The molecule has 2 aromatic rings. The van der Waals surface area contributed by atoms with E-state index in [1.165, 1.54) is 0 Å². The zero-order chi connectivity index (χ0) is 17.5. The van der Waals surface area contributed by atoms with E-state index in [2.05, 4.69) is 5.32 Å². The van der Waals surface area contributed by atoms with Crippen LogP contribution in [0.2, 0.25) is 0 Å². The molecule has 5 heteroatoms. The number of hydrogen-bond donors (Lipinski definition) is 1. The lowest BCUT2D eigenvalue weighted by atomic mass is 10.0. The van der Waals surface area contributed by atoms with Gasteiger partial charge in [-0.15, -0.1) is 0 Å². The van der Waals surface area contributed by atoms with Crippen LogP contribution in [0, 0.1) is 0 Å². The lowest BCUT2D eigenvalue weighted by molar-refractivity contribution is -0.128. The van der Waals surface area contributed by atoms with E-state index >= 15 is 0 Å². The first-order valence-corrected chi connectivity index (χ1v) is 8.53. The molecule has 0 saturated carbocycles. The highest BCUT2D eigenvalue weighted by Crippen LogP contribution is 2.15. The van der Waals surface area contributed by atoms with Crippen molar-refractivity contribution in [2.75, 3.05) is 13.1 Å². The second-order valence-electron chi connectivity index (χ2n) is 6.06. The first-order valence-electron chi connectivity index (χ1n) is 8.53. The van der Waals surface area contributed by atoms with Crippen LogP contribution in [0.4, 0.5) is 4.79 Å². The normalized spacial score (nSPS) is 17.0. The van der Waals surface area contributed by atoms with Crippen LogP contribution in [0.5, 0.6) is 0 Å². The van der Waals surface area contributed by atoms with Gasteiger partial charge >= 0.3 is 6.09 Å². The van der Waals surface area contributed by atoms with Gasteiger partial charge in [0, 0.05) is 13.1 Å². The van der Waals surface area contributed by atoms with Crippen molar-refractivity contribution in [1.29, 1.82) is 0 Å². The molecule has 0 unspecified atom stereocenters. The molecule has 1 aliphatic heterocycles. The van der Waals surface area contributed by atoms with Crippen LogP contribution < -0.4 is 5.32 Å². The lowest BCUT2D eigenvalue weighted by Crippen LogP contribution is -2.57. The van der Waals surface area contributed by atoms with Crippen molar-refractivity contribution < 1.29 is 14.3 Å². The van der Waals surface area contributed by atoms with Crippen molar-refractivity contribution in [3.63, 3.8) is 0 Å². The first kappa shape index (κ1) is 17.0. The van der Waals surface area contributed by atoms with E-state index in [0.29, 0.717) is 19.5 Å². The van der Waals surface area contributed by atoms with Gasteiger partial charge in [0.15, 0.2) is 0 Å². The molecule has 0 bridgehead atoms. The van der Waals surface area contributed by atoms with Gasteiger partial charge in [-0.2, -0.15) is 0 Å². The Balaban J connectivity index is 1.60. The Morgan fingerprint density at radius 3 is 2.36 bits per heavy atom. The molecule has 1 fully saturated rings. The minimum Gasteiger partial charge on any atom is -0.445 e. The molecule has 1 saturated heterocycles. The van der Waals surface area contributed by atoms with Crippen LogP contribution in [0.15, 0.2) is 60.7 Å². The number of benzene rings is 2. The van der Waals surface area contributed by atoms with Gasteiger partial charge in [0.05, 0.1) is 0 Å².